The largest absolute Gasteiger partial charge is 0.416 e. The number of nitrogens with one attached hydrogen (secondary N) is 1. The molecule has 1 N–H and O–H groups in total. The summed E-state index contributed by atoms with van der Waals surface area (Å²) in [7, 11) is 1.72. The Morgan fingerprint density at radius 1 is 1.30 bits per heavy atom. The average molecular weight is 285 g/mol. The number of hydrogen-bond acceptors (Lipinski definition) is 4. The highest BCUT2D eigenvalue weighted by Crippen LogP contribution is 2.31. The van der Waals surface area contributed by atoms with Crippen LogP contribution in [-0.2, 0) is 6.18 Å². The molecule has 0 aliphatic heterocycles. The molecule has 5 nitrogen and oxygen atoms in total. The maximum absolute atomic E-state index is 12.8. The van der Waals surface area contributed by atoms with Gasteiger partial charge in [-0.1, -0.05) is 6.07 Å². The van der Waals surface area contributed by atoms with E-state index in [4.69, 9.17) is 0 Å². The van der Waals surface area contributed by atoms with Crippen molar-refractivity contribution in [3.8, 4) is 5.69 Å². The lowest BCUT2D eigenvalue weighted by Crippen LogP contribution is -2.18. The predicted octanol–water partition coefficient (Wildman–Crippen LogP) is 2.27. The summed E-state index contributed by atoms with van der Waals surface area (Å²) in [6.07, 6.45) is -4.40. The number of halogens is 3. The summed E-state index contributed by atoms with van der Waals surface area (Å²) in [4.78, 5) is 0. The topological polar surface area (TPSA) is 55.6 Å². The van der Waals surface area contributed by atoms with E-state index in [1.807, 2.05) is 6.92 Å². The van der Waals surface area contributed by atoms with E-state index in [2.05, 4.69) is 20.8 Å². The zero-order chi connectivity index (χ0) is 14.9. The molecule has 8 heteroatoms. The smallest absolute Gasteiger partial charge is 0.311 e. The van der Waals surface area contributed by atoms with Gasteiger partial charge in [-0.15, -0.1) is 5.10 Å². The van der Waals surface area contributed by atoms with Crippen molar-refractivity contribution in [3.63, 3.8) is 0 Å². The monoisotopic (exact) mass is 285 g/mol. The third-order valence-corrected chi connectivity index (χ3v) is 3.08. The highest BCUT2D eigenvalue weighted by Gasteiger charge is 2.31. The standard InChI is InChI=1S/C12H14F3N5/c1-7-4-5-9(12(13,14)15)6-10(7)20-11(8(2)16-3)17-18-19-20/h4-6,8,16H,1-3H3. The van der Waals surface area contributed by atoms with Crippen LogP contribution < -0.4 is 5.32 Å². The second-order valence-corrected chi connectivity index (χ2v) is 4.46. The van der Waals surface area contributed by atoms with Crippen molar-refractivity contribution in [2.45, 2.75) is 26.1 Å². The van der Waals surface area contributed by atoms with Gasteiger partial charge in [0.2, 0.25) is 0 Å². The number of alkyl halides is 3. The Bertz CT molecular complexity index is 605. The summed E-state index contributed by atoms with van der Waals surface area (Å²) < 4.78 is 39.7. The van der Waals surface area contributed by atoms with Crippen LogP contribution in [0.3, 0.4) is 0 Å². The van der Waals surface area contributed by atoms with Crippen molar-refractivity contribution < 1.29 is 13.2 Å². The zero-order valence-electron chi connectivity index (χ0n) is 11.2. The second-order valence-electron chi connectivity index (χ2n) is 4.46. The molecule has 1 aromatic heterocycles. The molecular formula is C12H14F3N5. The Labute approximate surface area is 113 Å². The normalized spacial score (nSPS) is 13.5. The first-order chi connectivity index (χ1) is 9.34. The minimum absolute atomic E-state index is 0.182. The lowest BCUT2D eigenvalue weighted by Gasteiger charge is -2.14. The number of rotatable bonds is 3. The van der Waals surface area contributed by atoms with E-state index in [0.717, 1.165) is 12.1 Å². The van der Waals surface area contributed by atoms with E-state index >= 15 is 0 Å². The van der Waals surface area contributed by atoms with Gasteiger partial charge in [0, 0.05) is 0 Å². The van der Waals surface area contributed by atoms with Crippen molar-refractivity contribution in [1.29, 1.82) is 0 Å². The highest BCUT2D eigenvalue weighted by atomic mass is 19.4. The summed E-state index contributed by atoms with van der Waals surface area (Å²) >= 11 is 0. The molecule has 0 fully saturated rings. The van der Waals surface area contributed by atoms with Crippen LogP contribution in [0.25, 0.3) is 5.69 Å². The predicted molar refractivity (Wildman–Crippen MR) is 66.4 cm³/mol. The first-order valence-corrected chi connectivity index (χ1v) is 5.98. The molecule has 20 heavy (non-hydrogen) atoms. The van der Waals surface area contributed by atoms with Crippen LogP contribution in [0.1, 0.15) is 29.9 Å². The van der Waals surface area contributed by atoms with Crippen LogP contribution in [0.15, 0.2) is 18.2 Å². The van der Waals surface area contributed by atoms with Crippen molar-refractivity contribution in [2.75, 3.05) is 7.05 Å². The molecule has 0 amide bonds. The van der Waals surface area contributed by atoms with E-state index < -0.39 is 11.7 Å². The minimum atomic E-state index is -4.40. The van der Waals surface area contributed by atoms with E-state index in [1.54, 1.807) is 14.0 Å². The number of aryl methyl sites for hydroxylation is 1. The number of nitrogens with zero attached hydrogens (tertiary/aromatic N) is 4. The van der Waals surface area contributed by atoms with Crippen LogP contribution in [0, 0.1) is 6.92 Å². The van der Waals surface area contributed by atoms with Gasteiger partial charge in [-0.25, -0.2) is 0 Å². The fraction of sp³-hybridized carbons (Fsp3) is 0.417. The Balaban J connectivity index is 2.55. The molecule has 0 radical (unpaired) electrons. The molecule has 0 saturated carbocycles. The van der Waals surface area contributed by atoms with E-state index in [1.165, 1.54) is 10.7 Å². The average Bonchev–Trinajstić information content (AvgIpc) is 2.86. The van der Waals surface area contributed by atoms with Crippen LogP contribution in [0.4, 0.5) is 13.2 Å². The molecular weight excluding hydrogens is 271 g/mol. The number of hydrogen-bond donors (Lipinski definition) is 1. The summed E-state index contributed by atoms with van der Waals surface area (Å²) in [5.74, 6) is 0.454. The van der Waals surface area contributed by atoms with Gasteiger partial charge in [-0.2, -0.15) is 17.9 Å². The SMILES string of the molecule is CNC(C)c1nnnn1-c1cc(C(F)(F)F)ccc1C. The molecule has 0 saturated heterocycles. The summed E-state index contributed by atoms with van der Waals surface area (Å²) in [6, 6.07) is 3.33. The Hall–Kier alpha value is -1.96. The van der Waals surface area contributed by atoms with E-state index in [9.17, 15) is 13.2 Å². The fourth-order valence-corrected chi connectivity index (χ4v) is 1.78. The molecule has 0 aliphatic rings. The van der Waals surface area contributed by atoms with Gasteiger partial charge >= 0.3 is 6.18 Å². The molecule has 108 valence electrons. The maximum Gasteiger partial charge on any atom is 0.416 e. The van der Waals surface area contributed by atoms with Crippen LogP contribution >= 0.6 is 0 Å². The molecule has 0 spiro atoms. The fourth-order valence-electron chi connectivity index (χ4n) is 1.78. The van der Waals surface area contributed by atoms with Crippen molar-refractivity contribution >= 4 is 0 Å². The highest BCUT2D eigenvalue weighted by molar-refractivity contribution is 5.44. The number of tetrazole rings is 1. The molecule has 2 aromatic rings. The van der Waals surface area contributed by atoms with Crippen molar-refractivity contribution in [1.82, 2.24) is 25.5 Å². The van der Waals surface area contributed by atoms with Crippen LogP contribution in [0.2, 0.25) is 0 Å². The lowest BCUT2D eigenvalue weighted by atomic mass is 10.1. The molecule has 1 atom stereocenters. The molecule has 1 aromatic carbocycles. The van der Waals surface area contributed by atoms with E-state index in [0.29, 0.717) is 17.1 Å². The Morgan fingerprint density at radius 3 is 2.60 bits per heavy atom. The zero-order valence-corrected chi connectivity index (χ0v) is 11.2. The first-order valence-electron chi connectivity index (χ1n) is 5.98. The molecule has 1 unspecified atom stereocenters. The Morgan fingerprint density at radius 2 is 2.00 bits per heavy atom. The van der Waals surface area contributed by atoms with Gasteiger partial charge in [0.05, 0.1) is 17.3 Å². The van der Waals surface area contributed by atoms with Gasteiger partial charge in [0.1, 0.15) is 0 Å². The minimum Gasteiger partial charge on any atom is -0.311 e. The summed E-state index contributed by atoms with van der Waals surface area (Å²) in [5.41, 5.74) is 0.258. The molecule has 0 aliphatic carbocycles. The van der Waals surface area contributed by atoms with Gasteiger partial charge < -0.3 is 5.32 Å². The van der Waals surface area contributed by atoms with Crippen LogP contribution in [-0.4, -0.2) is 27.3 Å². The first kappa shape index (κ1) is 14.4. The quantitative estimate of drug-likeness (QED) is 0.940. The van der Waals surface area contributed by atoms with Crippen LogP contribution in [0.5, 0.6) is 0 Å². The third kappa shape index (κ3) is 2.64. The Kier molecular flexibility index (Phi) is 3.76. The second kappa shape index (κ2) is 5.20. The van der Waals surface area contributed by atoms with Gasteiger partial charge in [-0.3, -0.25) is 0 Å². The third-order valence-electron chi connectivity index (χ3n) is 3.08. The van der Waals surface area contributed by atoms with Crippen molar-refractivity contribution in [3.05, 3.63) is 35.2 Å². The molecule has 1 heterocycles. The van der Waals surface area contributed by atoms with Gasteiger partial charge in [0.25, 0.3) is 0 Å². The number of benzene rings is 1. The van der Waals surface area contributed by atoms with Gasteiger partial charge in [0.15, 0.2) is 5.82 Å². The maximum atomic E-state index is 12.8. The van der Waals surface area contributed by atoms with Crippen molar-refractivity contribution in [2.24, 2.45) is 0 Å². The molecule has 2 rings (SSSR count). The lowest BCUT2D eigenvalue weighted by molar-refractivity contribution is -0.137. The van der Waals surface area contributed by atoms with Gasteiger partial charge in [-0.05, 0) is 49.0 Å². The summed E-state index contributed by atoms with van der Waals surface area (Å²) in [5, 5.41) is 14.1. The van der Waals surface area contributed by atoms with E-state index in [-0.39, 0.29) is 6.04 Å². The number of aromatic nitrogens is 4. The summed E-state index contributed by atoms with van der Waals surface area (Å²) in [6.45, 7) is 3.54. The molecule has 0 bridgehead atoms.